The van der Waals surface area contributed by atoms with Gasteiger partial charge in [-0.25, -0.2) is 4.98 Å². The predicted octanol–water partition coefficient (Wildman–Crippen LogP) is 4.46. The van der Waals surface area contributed by atoms with Gasteiger partial charge in [-0.05, 0) is 67.1 Å². The minimum atomic E-state index is -0.442. The highest BCUT2D eigenvalue weighted by Crippen LogP contribution is 2.39. The molecule has 128 valence electrons. The molecule has 0 aliphatic heterocycles. The van der Waals surface area contributed by atoms with Gasteiger partial charge in [0.1, 0.15) is 10.6 Å². The first-order valence-electron chi connectivity index (χ1n) is 8.26. The molecule has 2 heterocycles. The maximum absolute atomic E-state index is 11.2. The Morgan fingerprint density at radius 3 is 2.64 bits per heavy atom. The van der Waals surface area contributed by atoms with Crippen LogP contribution in [0.5, 0.6) is 0 Å². The van der Waals surface area contributed by atoms with Gasteiger partial charge in [-0.15, -0.1) is 11.3 Å². The van der Waals surface area contributed by atoms with Crippen LogP contribution in [-0.2, 0) is 12.8 Å². The number of aryl methyl sites for hydroxylation is 2. The van der Waals surface area contributed by atoms with Gasteiger partial charge in [0.15, 0.2) is 0 Å². The number of primary amides is 1. The van der Waals surface area contributed by atoms with Crippen molar-refractivity contribution in [3.8, 4) is 0 Å². The molecule has 3 N–H and O–H groups in total. The zero-order valence-corrected chi connectivity index (χ0v) is 15.1. The van der Waals surface area contributed by atoms with Gasteiger partial charge in [0.05, 0.1) is 5.39 Å². The summed E-state index contributed by atoms with van der Waals surface area (Å²) in [7, 11) is 0. The van der Waals surface area contributed by atoms with Gasteiger partial charge in [0, 0.05) is 16.1 Å². The summed E-state index contributed by atoms with van der Waals surface area (Å²) in [6.07, 6.45) is 5.82. The highest BCUT2D eigenvalue weighted by Gasteiger charge is 2.20. The summed E-state index contributed by atoms with van der Waals surface area (Å²) in [5.41, 5.74) is 7.95. The van der Waals surface area contributed by atoms with Gasteiger partial charge in [0.2, 0.25) is 11.2 Å². The van der Waals surface area contributed by atoms with Gasteiger partial charge in [-0.1, -0.05) is 6.42 Å². The topological polar surface area (TPSA) is 80.9 Å². The Labute approximate surface area is 154 Å². The Morgan fingerprint density at radius 1 is 1.12 bits per heavy atom. The molecule has 0 saturated carbocycles. The largest absolute Gasteiger partial charge is 0.366 e. The maximum atomic E-state index is 11.2. The van der Waals surface area contributed by atoms with Gasteiger partial charge in [0.25, 0.3) is 0 Å². The summed E-state index contributed by atoms with van der Waals surface area (Å²) < 4.78 is 0. The highest BCUT2D eigenvalue weighted by atomic mass is 35.5. The average Bonchev–Trinajstić information content (AvgIpc) is 2.77. The number of thiophene rings is 1. The van der Waals surface area contributed by atoms with Crippen LogP contribution in [0.4, 0.5) is 11.5 Å². The van der Waals surface area contributed by atoms with Crippen LogP contribution in [0.3, 0.4) is 0 Å². The van der Waals surface area contributed by atoms with Gasteiger partial charge < -0.3 is 11.1 Å². The molecule has 0 unspecified atom stereocenters. The van der Waals surface area contributed by atoms with Crippen LogP contribution >= 0.6 is 22.9 Å². The van der Waals surface area contributed by atoms with Crippen LogP contribution in [0.1, 0.15) is 40.1 Å². The normalized spacial score (nSPS) is 14.1. The van der Waals surface area contributed by atoms with E-state index < -0.39 is 5.91 Å². The van der Waals surface area contributed by atoms with Gasteiger partial charge in [-0.2, -0.15) is 4.98 Å². The fourth-order valence-electron chi connectivity index (χ4n) is 3.25. The van der Waals surface area contributed by atoms with Crippen molar-refractivity contribution >= 4 is 50.6 Å². The molecule has 1 aliphatic rings. The number of anilines is 2. The molecule has 5 nitrogen and oxygen atoms in total. The molecule has 4 rings (SSSR count). The van der Waals surface area contributed by atoms with E-state index in [2.05, 4.69) is 15.3 Å². The second-order valence-electron chi connectivity index (χ2n) is 6.15. The lowest BCUT2D eigenvalue weighted by atomic mass is 10.1. The number of hydrogen-bond donors (Lipinski definition) is 2. The fourth-order valence-corrected chi connectivity index (χ4v) is 4.73. The molecule has 1 aliphatic carbocycles. The van der Waals surface area contributed by atoms with E-state index in [0.29, 0.717) is 5.56 Å². The maximum Gasteiger partial charge on any atom is 0.248 e. The summed E-state index contributed by atoms with van der Waals surface area (Å²) in [6, 6.07) is 7.01. The second kappa shape index (κ2) is 6.61. The summed E-state index contributed by atoms with van der Waals surface area (Å²) in [6.45, 7) is 0. The number of aromatic nitrogens is 2. The minimum absolute atomic E-state index is 0.236. The van der Waals surface area contributed by atoms with Crippen molar-refractivity contribution in [2.45, 2.75) is 32.1 Å². The van der Waals surface area contributed by atoms with Crippen LogP contribution in [0.25, 0.3) is 10.2 Å². The Bertz CT molecular complexity index is 952. The van der Waals surface area contributed by atoms with Crippen molar-refractivity contribution in [2.24, 2.45) is 5.73 Å². The number of fused-ring (bicyclic) bond motifs is 3. The Morgan fingerprint density at radius 2 is 1.88 bits per heavy atom. The molecular formula is C18H17ClN4OS. The number of amides is 1. The van der Waals surface area contributed by atoms with Crippen LogP contribution < -0.4 is 11.1 Å². The molecule has 0 fully saturated rings. The lowest BCUT2D eigenvalue weighted by Gasteiger charge is -2.09. The SMILES string of the molecule is NC(=O)c1ccc(Nc2nc(Cl)nc3sc4c(c23)CCCCC4)cc1. The first-order chi connectivity index (χ1) is 12.1. The second-order valence-corrected chi connectivity index (χ2v) is 7.57. The Kier molecular flexibility index (Phi) is 4.31. The molecule has 0 spiro atoms. The number of nitrogens with two attached hydrogens (primary N) is 1. The summed E-state index contributed by atoms with van der Waals surface area (Å²) in [5.74, 6) is 0.281. The zero-order valence-electron chi connectivity index (χ0n) is 13.5. The number of carbonyl (C=O) groups is 1. The number of hydrogen-bond acceptors (Lipinski definition) is 5. The standard InChI is InChI=1S/C18H17ClN4OS/c19-18-22-16(21-11-8-6-10(7-9-11)15(20)24)14-12-4-2-1-3-5-13(12)25-17(14)23-18/h6-9H,1-5H2,(H2,20,24)(H,21,22,23). The van der Waals surface area contributed by atoms with E-state index in [-0.39, 0.29) is 5.28 Å². The van der Waals surface area contributed by atoms with Crippen LogP contribution in [0.15, 0.2) is 24.3 Å². The van der Waals surface area contributed by atoms with E-state index in [0.717, 1.165) is 34.6 Å². The van der Waals surface area contributed by atoms with E-state index in [1.807, 2.05) is 12.1 Å². The molecule has 3 aromatic rings. The molecule has 7 heteroatoms. The number of nitrogens with one attached hydrogen (secondary N) is 1. The molecule has 1 aromatic carbocycles. The van der Waals surface area contributed by atoms with Crippen molar-refractivity contribution in [2.75, 3.05) is 5.32 Å². The third-order valence-corrected chi connectivity index (χ3v) is 5.82. The van der Waals surface area contributed by atoms with Crippen molar-refractivity contribution in [3.63, 3.8) is 0 Å². The first kappa shape index (κ1) is 16.3. The predicted molar refractivity (Wildman–Crippen MR) is 102 cm³/mol. The van der Waals surface area contributed by atoms with Crippen LogP contribution in [-0.4, -0.2) is 15.9 Å². The van der Waals surface area contributed by atoms with E-state index in [9.17, 15) is 4.79 Å². The Balaban J connectivity index is 1.77. The third-order valence-electron chi connectivity index (χ3n) is 4.47. The van der Waals surface area contributed by atoms with Gasteiger partial charge >= 0.3 is 0 Å². The van der Waals surface area contributed by atoms with Crippen molar-refractivity contribution in [1.82, 2.24) is 9.97 Å². The fraction of sp³-hybridized carbons (Fsp3) is 0.278. The third kappa shape index (κ3) is 3.19. The quantitative estimate of drug-likeness (QED) is 0.525. The van der Waals surface area contributed by atoms with Crippen molar-refractivity contribution < 1.29 is 4.79 Å². The number of nitrogens with zero attached hydrogens (tertiary/aromatic N) is 2. The monoisotopic (exact) mass is 372 g/mol. The molecule has 2 aromatic heterocycles. The van der Waals surface area contributed by atoms with Gasteiger partial charge in [-0.3, -0.25) is 4.79 Å². The summed E-state index contributed by atoms with van der Waals surface area (Å²) in [4.78, 5) is 22.4. The molecule has 0 atom stereocenters. The number of rotatable bonds is 3. The van der Waals surface area contributed by atoms with E-state index in [1.54, 1.807) is 23.5 Å². The first-order valence-corrected chi connectivity index (χ1v) is 9.46. The van der Waals surface area contributed by atoms with Crippen molar-refractivity contribution in [1.29, 1.82) is 0 Å². The lowest BCUT2D eigenvalue weighted by molar-refractivity contribution is 0.100. The lowest BCUT2D eigenvalue weighted by Crippen LogP contribution is -2.10. The van der Waals surface area contributed by atoms with Crippen molar-refractivity contribution in [3.05, 3.63) is 45.6 Å². The number of carbonyl (C=O) groups excluding carboxylic acids is 1. The van der Waals surface area contributed by atoms with Crippen LogP contribution in [0, 0.1) is 0 Å². The minimum Gasteiger partial charge on any atom is -0.366 e. The zero-order chi connectivity index (χ0) is 17.4. The molecular weight excluding hydrogens is 356 g/mol. The highest BCUT2D eigenvalue weighted by molar-refractivity contribution is 7.19. The van der Waals surface area contributed by atoms with Crippen LogP contribution in [0.2, 0.25) is 5.28 Å². The molecule has 0 saturated heterocycles. The smallest absolute Gasteiger partial charge is 0.248 e. The number of halogens is 1. The average molecular weight is 373 g/mol. The van der Waals surface area contributed by atoms with E-state index >= 15 is 0 Å². The molecule has 25 heavy (non-hydrogen) atoms. The number of benzene rings is 1. The molecule has 0 radical (unpaired) electrons. The molecule has 0 bridgehead atoms. The Hall–Kier alpha value is -2.18. The van der Waals surface area contributed by atoms with E-state index in [4.69, 9.17) is 17.3 Å². The van der Waals surface area contributed by atoms with E-state index in [1.165, 1.54) is 29.7 Å². The molecule has 1 amide bonds. The summed E-state index contributed by atoms with van der Waals surface area (Å²) in [5, 5.41) is 4.64. The summed E-state index contributed by atoms with van der Waals surface area (Å²) >= 11 is 7.86.